The maximum absolute atomic E-state index is 13.1. The molecular weight excluding hydrogens is 319 g/mol. The van der Waals surface area contributed by atoms with Crippen LogP contribution in [0.1, 0.15) is 25.0 Å². The van der Waals surface area contributed by atoms with Crippen LogP contribution >= 0.6 is 0 Å². The van der Waals surface area contributed by atoms with Gasteiger partial charge in [-0.3, -0.25) is 9.69 Å². The summed E-state index contributed by atoms with van der Waals surface area (Å²) in [7, 11) is 0. The number of hydrogen-bond acceptors (Lipinski definition) is 3. The smallest absolute Gasteiger partial charge is 0.258 e. The van der Waals surface area contributed by atoms with E-state index in [-0.39, 0.29) is 18.3 Å². The lowest BCUT2D eigenvalue weighted by Crippen LogP contribution is -2.29. The van der Waals surface area contributed by atoms with Crippen LogP contribution in [-0.4, -0.2) is 30.5 Å². The van der Waals surface area contributed by atoms with Crippen molar-refractivity contribution < 1.29 is 13.9 Å². The summed E-state index contributed by atoms with van der Waals surface area (Å²) in [6, 6.07) is 13.8. The fraction of sp³-hybridized carbons (Fsp3) is 0.350. The van der Waals surface area contributed by atoms with E-state index in [0.29, 0.717) is 12.3 Å². The second kappa shape index (κ2) is 9.79. The monoisotopic (exact) mass is 344 g/mol. The second-order valence-corrected chi connectivity index (χ2v) is 5.75. The first-order chi connectivity index (χ1) is 12.1. The maximum Gasteiger partial charge on any atom is 0.258 e. The highest BCUT2D eigenvalue weighted by molar-refractivity contribution is 5.77. The lowest BCUT2D eigenvalue weighted by atomic mass is 10.1. The summed E-state index contributed by atoms with van der Waals surface area (Å²) in [5.74, 6) is -0.276. The van der Waals surface area contributed by atoms with Gasteiger partial charge in [0.1, 0.15) is 11.6 Å². The van der Waals surface area contributed by atoms with E-state index < -0.39 is 0 Å². The van der Waals surface area contributed by atoms with Crippen LogP contribution in [0.4, 0.5) is 4.39 Å². The van der Waals surface area contributed by atoms with E-state index >= 15 is 0 Å². The van der Waals surface area contributed by atoms with E-state index in [0.717, 1.165) is 25.2 Å². The van der Waals surface area contributed by atoms with Crippen molar-refractivity contribution in [3.63, 3.8) is 0 Å². The van der Waals surface area contributed by atoms with Crippen LogP contribution in [0.3, 0.4) is 0 Å². The summed E-state index contributed by atoms with van der Waals surface area (Å²) < 4.78 is 18.4. The van der Waals surface area contributed by atoms with Gasteiger partial charge in [0.25, 0.3) is 5.91 Å². The number of rotatable bonds is 9. The van der Waals surface area contributed by atoms with Gasteiger partial charge >= 0.3 is 0 Å². The summed E-state index contributed by atoms with van der Waals surface area (Å²) in [5.41, 5.74) is 2.30. The van der Waals surface area contributed by atoms with Crippen LogP contribution in [0.5, 0.6) is 5.75 Å². The molecule has 25 heavy (non-hydrogen) atoms. The standard InChI is InChI=1S/C20H25FN2O2/c1-3-23(4-2)14-17-9-6-5-8-16(17)13-22-20(24)15-25-19-11-7-10-18(21)12-19/h5-12H,3-4,13-15H2,1-2H3,(H,22,24). The van der Waals surface area contributed by atoms with Gasteiger partial charge in [0.15, 0.2) is 6.61 Å². The summed E-state index contributed by atoms with van der Waals surface area (Å²) in [6.45, 7) is 7.41. The van der Waals surface area contributed by atoms with Gasteiger partial charge in [-0.25, -0.2) is 4.39 Å². The number of benzene rings is 2. The first-order valence-electron chi connectivity index (χ1n) is 8.56. The third kappa shape index (κ3) is 6.19. The van der Waals surface area contributed by atoms with Crippen LogP contribution in [-0.2, 0) is 17.9 Å². The molecule has 0 heterocycles. The molecule has 1 N–H and O–H groups in total. The van der Waals surface area contributed by atoms with E-state index in [1.165, 1.54) is 17.7 Å². The Kier molecular flexibility index (Phi) is 7.41. The van der Waals surface area contributed by atoms with Crippen molar-refractivity contribution in [1.29, 1.82) is 0 Å². The van der Waals surface area contributed by atoms with Gasteiger partial charge in [0, 0.05) is 19.2 Å². The van der Waals surface area contributed by atoms with E-state index in [1.54, 1.807) is 12.1 Å². The number of halogens is 1. The molecule has 0 fully saturated rings. The molecule has 2 aromatic carbocycles. The van der Waals surface area contributed by atoms with E-state index in [4.69, 9.17) is 4.74 Å². The molecular formula is C20H25FN2O2. The zero-order valence-electron chi connectivity index (χ0n) is 14.8. The SMILES string of the molecule is CCN(CC)Cc1ccccc1CNC(=O)COc1cccc(F)c1. The number of hydrogen-bond donors (Lipinski definition) is 1. The Hall–Kier alpha value is -2.40. The Labute approximate surface area is 148 Å². The van der Waals surface area contributed by atoms with Crippen LogP contribution in [0, 0.1) is 5.82 Å². The lowest BCUT2D eigenvalue weighted by Gasteiger charge is -2.20. The number of ether oxygens (including phenoxy) is 1. The highest BCUT2D eigenvalue weighted by atomic mass is 19.1. The Balaban J connectivity index is 1.87. The first-order valence-corrected chi connectivity index (χ1v) is 8.56. The van der Waals surface area contributed by atoms with Gasteiger partial charge in [0.2, 0.25) is 0 Å². The molecule has 0 radical (unpaired) electrons. The fourth-order valence-corrected chi connectivity index (χ4v) is 2.52. The number of nitrogens with one attached hydrogen (secondary N) is 1. The maximum atomic E-state index is 13.1. The molecule has 0 aliphatic rings. The van der Waals surface area contributed by atoms with E-state index in [1.807, 2.05) is 18.2 Å². The topological polar surface area (TPSA) is 41.6 Å². The Bertz CT molecular complexity index is 687. The molecule has 0 saturated heterocycles. The van der Waals surface area contributed by atoms with Gasteiger partial charge in [-0.15, -0.1) is 0 Å². The lowest BCUT2D eigenvalue weighted by molar-refractivity contribution is -0.123. The minimum Gasteiger partial charge on any atom is -0.484 e. The van der Waals surface area contributed by atoms with Gasteiger partial charge in [0.05, 0.1) is 0 Å². The molecule has 5 heteroatoms. The summed E-state index contributed by atoms with van der Waals surface area (Å²) in [5, 5.41) is 2.86. The minimum atomic E-state index is -0.386. The molecule has 0 saturated carbocycles. The zero-order valence-corrected chi connectivity index (χ0v) is 14.8. The highest BCUT2D eigenvalue weighted by Gasteiger charge is 2.08. The molecule has 0 atom stereocenters. The van der Waals surface area contributed by atoms with Crippen molar-refractivity contribution >= 4 is 5.91 Å². The normalized spacial score (nSPS) is 10.7. The van der Waals surface area contributed by atoms with Crippen molar-refractivity contribution in [1.82, 2.24) is 10.2 Å². The molecule has 0 spiro atoms. The quantitative estimate of drug-likeness (QED) is 0.758. The van der Waals surface area contributed by atoms with Crippen LogP contribution in [0.15, 0.2) is 48.5 Å². The average molecular weight is 344 g/mol. The first kappa shape index (κ1) is 18.9. The summed E-state index contributed by atoms with van der Waals surface area (Å²) in [6.07, 6.45) is 0. The molecule has 0 aromatic heterocycles. The average Bonchev–Trinajstić information content (AvgIpc) is 2.63. The van der Waals surface area contributed by atoms with Crippen LogP contribution in [0.25, 0.3) is 0 Å². The van der Waals surface area contributed by atoms with Crippen molar-refractivity contribution in [2.24, 2.45) is 0 Å². The van der Waals surface area contributed by atoms with Gasteiger partial charge in [-0.2, -0.15) is 0 Å². The molecule has 0 unspecified atom stereocenters. The number of nitrogens with zero attached hydrogens (tertiary/aromatic N) is 1. The number of carbonyl (C=O) groups excluding carboxylic acids is 1. The van der Waals surface area contributed by atoms with Crippen molar-refractivity contribution in [3.05, 3.63) is 65.5 Å². The van der Waals surface area contributed by atoms with Crippen molar-refractivity contribution in [2.75, 3.05) is 19.7 Å². The summed E-state index contributed by atoms with van der Waals surface area (Å²) in [4.78, 5) is 14.3. The van der Waals surface area contributed by atoms with Crippen molar-refractivity contribution in [3.8, 4) is 5.75 Å². The Morgan fingerprint density at radius 3 is 2.48 bits per heavy atom. The molecule has 1 amide bonds. The molecule has 0 bridgehead atoms. The van der Waals surface area contributed by atoms with Gasteiger partial charge in [-0.1, -0.05) is 44.2 Å². The molecule has 2 aromatic rings. The predicted molar refractivity (Wildman–Crippen MR) is 96.8 cm³/mol. The van der Waals surface area contributed by atoms with Crippen molar-refractivity contribution in [2.45, 2.75) is 26.9 Å². The predicted octanol–water partition coefficient (Wildman–Crippen LogP) is 3.36. The molecule has 2 rings (SSSR count). The van der Waals surface area contributed by atoms with Gasteiger partial charge in [-0.05, 0) is 36.3 Å². The molecule has 0 aliphatic carbocycles. The largest absolute Gasteiger partial charge is 0.484 e. The van der Waals surface area contributed by atoms with E-state index in [9.17, 15) is 9.18 Å². The van der Waals surface area contributed by atoms with E-state index in [2.05, 4.69) is 30.1 Å². The molecule has 134 valence electrons. The Morgan fingerprint density at radius 2 is 1.80 bits per heavy atom. The van der Waals surface area contributed by atoms with Crippen LogP contribution < -0.4 is 10.1 Å². The fourth-order valence-electron chi connectivity index (χ4n) is 2.52. The minimum absolute atomic E-state index is 0.137. The summed E-state index contributed by atoms with van der Waals surface area (Å²) >= 11 is 0. The number of amides is 1. The third-order valence-electron chi connectivity index (χ3n) is 4.05. The van der Waals surface area contributed by atoms with Gasteiger partial charge < -0.3 is 10.1 Å². The third-order valence-corrected chi connectivity index (χ3v) is 4.05. The highest BCUT2D eigenvalue weighted by Crippen LogP contribution is 2.13. The molecule has 0 aliphatic heterocycles. The molecule has 4 nitrogen and oxygen atoms in total. The second-order valence-electron chi connectivity index (χ2n) is 5.75. The zero-order chi connectivity index (χ0) is 18.1. The Morgan fingerprint density at radius 1 is 1.08 bits per heavy atom. The number of carbonyl (C=O) groups is 1. The van der Waals surface area contributed by atoms with Crippen LogP contribution in [0.2, 0.25) is 0 Å².